The van der Waals surface area contributed by atoms with Crippen LogP contribution in [0.5, 0.6) is 5.75 Å². The SMILES string of the molecule is OC1(COc2cccnc2)CCNCC1. The summed E-state index contributed by atoms with van der Waals surface area (Å²) in [5.74, 6) is 0.712. The molecule has 0 atom stereocenters. The fourth-order valence-corrected chi connectivity index (χ4v) is 1.69. The van der Waals surface area contributed by atoms with Crippen molar-refractivity contribution < 1.29 is 9.84 Å². The van der Waals surface area contributed by atoms with Gasteiger partial charge in [0.2, 0.25) is 0 Å². The molecule has 4 nitrogen and oxygen atoms in total. The minimum atomic E-state index is -0.679. The molecule has 2 rings (SSSR count). The average molecular weight is 208 g/mol. The summed E-state index contributed by atoms with van der Waals surface area (Å²) in [6.45, 7) is 2.06. The second kappa shape index (κ2) is 4.59. The maximum Gasteiger partial charge on any atom is 0.137 e. The predicted octanol–water partition coefficient (Wildman–Crippen LogP) is 0.575. The second-order valence-corrected chi connectivity index (χ2v) is 3.95. The lowest BCUT2D eigenvalue weighted by atomic mass is 9.94. The number of hydrogen-bond donors (Lipinski definition) is 2. The maximum absolute atomic E-state index is 10.1. The Labute approximate surface area is 89.3 Å². The summed E-state index contributed by atoms with van der Waals surface area (Å²) in [6.07, 6.45) is 4.84. The van der Waals surface area contributed by atoms with Crippen LogP contribution < -0.4 is 10.1 Å². The highest BCUT2D eigenvalue weighted by atomic mass is 16.5. The van der Waals surface area contributed by atoms with Gasteiger partial charge >= 0.3 is 0 Å². The van der Waals surface area contributed by atoms with Crippen LogP contribution in [0.1, 0.15) is 12.8 Å². The van der Waals surface area contributed by atoms with E-state index in [0.29, 0.717) is 12.4 Å². The Kier molecular flexibility index (Phi) is 3.18. The summed E-state index contributed by atoms with van der Waals surface area (Å²) in [7, 11) is 0. The van der Waals surface area contributed by atoms with Crippen molar-refractivity contribution in [1.29, 1.82) is 0 Å². The standard InChI is InChI=1S/C11H16N2O2/c14-11(3-6-12-7-4-11)9-15-10-2-1-5-13-8-10/h1-2,5,8,12,14H,3-4,6-7,9H2. The number of nitrogens with one attached hydrogen (secondary N) is 1. The van der Waals surface area contributed by atoms with E-state index in [1.807, 2.05) is 12.1 Å². The lowest BCUT2D eigenvalue weighted by Gasteiger charge is -2.32. The van der Waals surface area contributed by atoms with Gasteiger partial charge in [-0.05, 0) is 38.1 Å². The molecule has 4 heteroatoms. The molecule has 1 fully saturated rings. The van der Waals surface area contributed by atoms with E-state index >= 15 is 0 Å². The molecule has 2 N–H and O–H groups in total. The van der Waals surface area contributed by atoms with Crippen molar-refractivity contribution in [2.75, 3.05) is 19.7 Å². The summed E-state index contributed by atoms with van der Waals surface area (Å²) in [6, 6.07) is 3.67. The maximum atomic E-state index is 10.1. The highest BCUT2D eigenvalue weighted by molar-refractivity contribution is 5.15. The van der Waals surface area contributed by atoms with Crippen LogP contribution in [0.15, 0.2) is 24.5 Å². The Morgan fingerprint density at radius 2 is 2.27 bits per heavy atom. The van der Waals surface area contributed by atoms with Gasteiger partial charge in [-0.1, -0.05) is 0 Å². The summed E-state index contributed by atoms with van der Waals surface area (Å²) in [5, 5.41) is 13.4. The van der Waals surface area contributed by atoms with Crippen LogP contribution in [-0.4, -0.2) is 35.4 Å². The van der Waals surface area contributed by atoms with Gasteiger partial charge in [0.15, 0.2) is 0 Å². The van der Waals surface area contributed by atoms with Gasteiger partial charge in [0, 0.05) is 6.20 Å². The fourth-order valence-electron chi connectivity index (χ4n) is 1.69. The van der Waals surface area contributed by atoms with E-state index in [1.165, 1.54) is 0 Å². The number of piperidine rings is 1. The summed E-state index contributed by atoms with van der Waals surface area (Å²) < 4.78 is 5.51. The molecule has 0 aromatic carbocycles. The number of nitrogens with zero attached hydrogens (tertiary/aromatic N) is 1. The van der Waals surface area contributed by atoms with Crippen LogP contribution in [0.2, 0.25) is 0 Å². The zero-order valence-electron chi connectivity index (χ0n) is 8.65. The smallest absolute Gasteiger partial charge is 0.137 e. The van der Waals surface area contributed by atoms with Crippen LogP contribution in [0.3, 0.4) is 0 Å². The van der Waals surface area contributed by atoms with Crippen molar-refractivity contribution >= 4 is 0 Å². The number of hydrogen-bond acceptors (Lipinski definition) is 4. The van der Waals surface area contributed by atoms with Crippen LogP contribution in [0.4, 0.5) is 0 Å². The third-order valence-corrected chi connectivity index (χ3v) is 2.68. The van der Waals surface area contributed by atoms with E-state index in [0.717, 1.165) is 25.9 Å². The number of ether oxygens (including phenoxy) is 1. The number of aromatic nitrogens is 1. The molecule has 0 amide bonds. The van der Waals surface area contributed by atoms with Gasteiger partial charge in [0.05, 0.1) is 6.20 Å². The molecule has 0 spiro atoms. The van der Waals surface area contributed by atoms with Crippen LogP contribution in [0, 0.1) is 0 Å². The van der Waals surface area contributed by atoms with E-state index in [4.69, 9.17) is 4.74 Å². The third kappa shape index (κ3) is 2.91. The van der Waals surface area contributed by atoms with Crippen LogP contribution in [-0.2, 0) is 0 Å². The lowest BCUT2D eigenvalue weighted by Crippen LogP contribution is -2.45. The molecule has 82 valence electrons. The summed E-state index contributed by atoms with van der Waals surface area (Å²) >= 11 is 0. The van der Waals surface area contributed by atoms with Crippen molar-refractivity contribution in [1.82, 2.24) is 10.3 Å². The fraction of sp³-hybridized carbons (Fsp3) is 0.545. The quantitative estimate of drug-likeness (QED) is 0.762. The third-order valence-electron chi connectivity index (χ3n) is 2.68. The van der Waals surface area contributed by atoms with Gasteiger partial charge in [-0.3, -0.25) is 4.98 Å². The molecule has 1 aliphatic rings. The van der Waals surface area contributed by atoms with E-state index in [9.17, 15) is 5.11 Å². The Morgan fingerprint density at radius 3 is 2.93 bits per heavy atom. The molecular weight excluding hydrogens is 192 g/mol. The Balaban J connectivity index is 1.87. The molecule has 0 unspecified atom stereocenters. The van der Waals surface area contributed by atoms with Crippen molar-refractivity contribution in [2.24, 2.45) is 0 Å². The molecule has 0 saturated carbocycles. The van der Waals surface area contributed by atoms with Crippen molar-refractivity contribution in [3.8, 4) is 5.75 Å². The Morgan fingerprint density at radius 1 is 1.47 bits per heavy atom. The van der Waals surface area contributed by atoms with Crippen molar-refractivity contribution in [2.45, 2.75) is 18.4 Å². The van der Waals surface area contributed by atoms with E-state index in [1.54, 1.807) is 12.4 Å². The molecule has 0 aliphatic carbocycles. The molecular formula is C11H16N2O2. The lowest BCUT2D eigenvalue weighted by molar-refractivity contribution is -0.0286. The van der Waals surface area contributed by atoms with E-state index in [2.05, 4.69) is 10.3 Å². The van der Waals surface area contributed by atoms with Crippen molar-refractivity contribution in [3.05, 3.63) is 24.5 Å². The van der Waals surface area contributed by atoms with E-state index in [-0.39, 0.29) is 0 Å². The van der Waals surface area contributed by atoms with Gasteiger partial charge in [0.1, 0.15) is 18.0 Å². The molecule has 1 saturated heterocycles. The summed E-state index contributed by atoms with van der Waals surface area (Å²) in [4.78, 5) is 3.95. The minimum absolute atomic E-state index is 0.348. The van der Waals surface area contributed by atoms with Gasteiger partial charge in [-0.2, -0.15) is 0 Å². The summed E-state index contributed by atoms with van der Waals surface area (Å²) in [5.41, 5.74) is -0.679. The van der Waals surface area contributed by atoms with Crippen LogP contribution in [0.25, 0.3) is 0 Å². The zero-order valence-corrected chi connectivity index (χ0v) is 8.65. The molecule has 0 radical (unpaired) electrons. The Bertz CT molecular complexity index is 297. The molecule has 1 aliphatic heterocycles. The first-order valence-electron chi connectivity index (χ1n) is 5.24. The highest BCUT2D eigenvalue weighted by Crippen LogP contribution is 2.19. The predicted molar refractivity (Wildman–Crippen MR) is 56.8 cm³/mol. The normalized spacial score (nSPS) is 19.8. The number of aliphatic hydroxyl groups is 1. The second-order valence-electron chi connectivity index (χ2n) is 3.95. The topological polar surface area (TPSA) is 54.4 Å². The van der Waals surface area contributed by atoms with Crippen molar-refractivity contribution in [3.63, 3.8) is 0 Å². The molecule has 0 bridgehead atoms. The number of rotatable bonds is 3. The number of pyridine rings is 1. The highest BCUT2D eigenvalue weighted by Gasteiger charge is 2.29. The average Bonchev–Trinajstić information content (AvgIpc) is 2.29. The molecule has 15 heavy (non-hydrogen) atoms. The molecule has 2 heterocycles. The van der Waals surface area contributed by atoms with Gasteiger partial charge in [0.25, 0.3) is 0 Å². The molecule has 1 aromatic heterocycles. The first-order valence-corrected chi connectivity index (χ1v) is 5.24. The minimum Gasteiger partial charge on any atom is -0.489 e. The van der Waals surface area contributed by atoms with Gasteiger partial charge in [-0.15, -0.1) is 0 Å². The van der Waals surface area contributed by atoms with E-state index < -0.39 is 5.60 Å². The zero-order chi connectivity index (χ0) is 10.6. The molecule has 1 aromatic rings. The largest absolute Gasteiger partial charge is 0.489 e. The Hall–Kier alpha value is -1.13. The van der Waals surface area contributed by atoms with Gasteiger partial charge < -0.3 is 15.2 Å². The van der Waals surface area contributed by atoms with Crippen LogP contribution >= 0.6 is 0 Å². The monoisotopic (exact) mass is 208 g/mol. The van der Waals surface area contributed by atoms with Gasteiger partial charge in [-0.25, -0.2) is 0 Å². The first-order chi connectivity index (χ1) is 7.29. The first kappa shape index (κ1) is 10.4.